The van der Waals surface area contributed by atoms with Gasteiger partial charge in [-0.3, -0.25) is 0 Å². The number of aromatic nitrogens is 2. The van der Waals surface area contributed by atoms with Crippen LogP contribution in [-0.2, 0) is 5.41 Å². The van der Waals surface area contributed by atoms with Crippen LogP contribution in [0.25, 0.3) is 0 Å². The molecule has 0 saturated heterocycles. The summed E-state index contributed by atoms with van der Waals surface area (Å²) in [7, 11) is 0. The molecule has 0 aliphatic heterocycles. The Bertz CT molecular complexity index is 393. The first-order chi connectivity index (χ1) is 8.86. The average molecular weight is 265 g/mol. The zero-order chi connectivity index (χ0) is 14.5. The quantitative estimate of drug-likeness (QED) is 0.824. The number of likely N-dealkylation sites (N-methyl/N-ethyl adjacent to an activating group) is 1. The fourth-order valence-electron chi connectivity index (χ4n) is 1.77. The van der Waals surface area contributed by atoms with E-state index in [4.69, 9.17) is 5.73 Å². The molecule has 0 bridgehead atoms. The molecular weight excluding hydrogens is 238 g/mol. The summed E-state index contributed by atoms with van der Waals surface area (Å²) < 4.78 is 0. The van der Waals surface area contributed by atoms with Gasteiger partial charge >= 0.3 is 0 Å². The van der Waals surface area contributed by atoms with Gasteiger partial charge in [-0.1, -0.05) is 34.6 Å². The highest BCUT2D eigenvalue weighted by Crippen LogP contribution is 2.20. The minimum atomic E-state index is -0.0926. The number of nitrogens with zero attached hydrogens (tertiary/aromatic N) is 3. The Morgan fingerprint density at radius 3 is 2.37 bits per heavy atom. The van der Waals surface area contributed by atoms with Crippen LogP contribution in [0.5, 0.6) is 0 Å². The van der Waals surface area contributed by atoms with Crippen molar-refractivity contribution in [2.45, 2.75) is 40.0 Å². The summed E-state index contributed by atoms with van der Waals surface area (Å²) in [5.74, 6) is 2.10. The van der Waals surface area contributed by atoms with Crippen LogP contribution < -0.4 is 11.1 Å². The maximum Gasteiger partial charge on any atom is 0.138 e. The molecule has 5 nitrogen and oxygen atoms in total. The molecule has 0 aliphatic carbocycles. The molecule has 0 fully saturated rings. The van der Waals surface area contributed by atoms with Gasteiger partial charge in [-0.25, -0.2) is 9.97 Å². The number of nitrogens with one attached hydrogen (secondary N) is 1. The van der Waals surface area contributed by atoms with Crippen LogP contribution in [0.3, 0.4) is 0 Å². The highest BCUT2D eigenvalue weighted by atomic mass is 15.1. The maximum atomic E-state index is 5.84. The Hall–Kier alpha value is -1.36. The lowest BCUT2D eigenvalue weighted by Crippen LogP contribution is -2.29. The second-order valence-electron chi connectivity index (χ2n) is 5.71. The zero-order valence-electron chi connectivity index (χ0n) is 12.8. The Morgan fingerprint density at radius 2 is 1.84 bits per heavy atom. The third-order valence-corrected chi connectivity index (χ3v) is 3.05. The van der Waals surface area contributed by atoms with Crippen molar-refractivity contribution in [1.82, 2.24) is 14.9 Å². The topological polar surface area (TPSA) is 67.1 Å². The highest BCUT2D eigenvalue weighted by molar-refractivity contribution is 5.45. The SMILES string of the molecule is CCN(CC)CCNc1cc(N)nc(C(C)(C)C)n1. The Balaban J connectivity index is 2.66. The van der Waals surface area contributed by atoms with E-state index in [-0.39, 0.29) is 5.41 Å². The van der Waals surface area contributed by atoms with Gasteiger partial charge < -0.3 is 16.0 Å². The molecule has 0 spiro atoms. The molecule has 3 N–H and O–H groups in total. The summed E-state index contributed by atoms with van der Waals surface area (Å²) in [6.45, 7) is 14.6. The number of anilines is 2. The molecule has 0 atom stereocenters. The minimum Gasteiger partial charge on any atom is -0.384 e. The largest absolute Gasteiger partial charge is 0.384 e. The van der Waals surface area contributed by atoms with Crippen molar-refractivity contribution >= 4 is 11.6 Å². The van der Waals surface area contributed by atoms with Crippen LogP contribution in [0.2, 0.25) is 0 Å². The van der Waals surface area contributed by atoms with Crippen LogP contribution in [0.15, 0.2) is 6.07 Å². The van der Waals surface area contributed by atoms with Gasteiger partial charge in [0.2, 0.25) is 0 Å². The summed E-state index contributed by atoms with van der Waals surface area (Å²) in [6, 6.07) is 1.79. The molecule has 1 aromatic rings. The molecule has 5 heteroatoms. The first-order valence-corrected chi connectivity index (χ1v) is 6.98. The van der Waals surface area contributed by atoms with Gasteiger partial charge in [-0.2, -0.15) is 0 Å². The number of hydrogen-bond acceptors (Lipinski definition) is 5. The maximum absolute atomic E-state index is 5.84. The molecule has 0 unspecified atom stereocenters. The van der Waals surface area contributed by atoms with E-state index >= 15 is 0 Å². The summed E-state index contributed by atoms with van der Waals surface area (Å²) in [6.07, 6.45) is 0. The van der Waals surface area contributed by atoms with E-state index in [0.29, 0.717) is 5.82 Å². The third kappa shape index (κ3) is 5.03. The van der Waals surface area contributed by atoms with Crippen LogP contribution in [0.1, 0.15) is 40.4 Å². The number of hydrogen-bond donors (Lipinski definition) is 2. The lowest BCUT2D eigenvalue weighted by Gasteiger charge is -2.20. The smallest absolute Gasteiger partial charge is 0.138 e. The van der Waals surface area contributed by atoms with E-state index in [2.05, 4.69) is 54.8 Å². The van der Waals surface area contributed by atoms with Crippen LogP contribution in [0.4, 0.5) is 11.6 Å². The Morgan fingerprint density at radius 1 is 1.21 bits per heavy atom. The lowest BCUT2D eigenvalue weighted by atomic mass is 9.96. The van der Waals surface area contributed by atoms with Gasteiger partial charge in [0.25, 0.3) is 0 Å². The third-order valence-electron chi connectivity index (χ3n) is 3.05. The van der Waals surface area contributed by atoms with E-state index in [0.717, 1.165) is 37.8 Å². The predicted molar refractivity (Wildman–Crippen MR) is 81.4 cm³/mol. The van der Waals surface area contributed by atoms with Crippen LogP contribution in [0, 0.1) is 0 Å². The number of nitrogen functional groups attached to an aromatic ring is 1. The van der Waals surface area contributed by atoms with Crippen molar-refractivity contribution in [3.63, 3.8) is 0 Å². The first-order valence-electron chi connectivity index (χ1n) is 6.98. The second kappa shape index (κ2) is 6.70. The van der Waals surface area contributed by atoms with E-state index in [1.165, 1.54) is 0 Å². The molecule has 19 heavy (non-hydrogen) atoms. The van der Waals surface area contributed by atoms with E-state index in [1.807, 2.05) is 0 Å². The van der Waals surface area contributed by atoms with Gasteiger partial charge in [0.05, 0.1) is 0 Å². The van der Waals surface area contributed by atoms with Crippen LogP contribution in [-0.4, -0.2) is 41.0 Å². The van der Waals surface area contributed by atoms with Crippen molar-refractivity contribution < 1.29 is 0 Å². The molecule has 0 radical (unpaired) electrons. The zero-order valence-corrected chi connectivity index (χ0v) is 12.8. The van der Waals surface area contributed by atoms with E-state index < -0.39 is 0 Å². The molecule has 0 aromatic carbocycles. The number of rotatable bonds is 6. The first kappa shape index (κ1) is 15.7. The van der Waals surface area contributed by atoms with Crippen molar-refractivity contribution in [1.29, 1.82) is 0 Å². The highest BCUT2D eigenvalue weighted by Gasteiger charge is 2.18. The molecule has 0 aliphatic rings. The molecule has 1 aromatic heterocycles. The van der Waals surface area contributed by atoms with Crippen molar-refractivity contribution in [2.75, 3.05) is 37.2 Å². The molecule has 1 heterocycles. The summed E-state index contributed by atoms with van der Waals surface area (Å²) in [5.41, 5.74) is 5.75. The summed E-state index contributed by atoms with van der Waals surface area (Å²) in [4.78, 5) is 11.2. The molecule has 108 valence electrons. The van der Waals surface area contributed by atoms with Gasteiger partial charge in [0, 0.05) is 24.6 Å². The fourth-order valence-corrected chi connectivity index (χ4v) is 1.77. The molecule has 0 amide bonds. The van der Waals surface area contributed by atoms with Gasteiger partial charge in [0.1, 0.15) is 17.5 Å². The average Bonchev–Trinajstić information content (AvgIpc) is 2.33. The normalized spacial score (nSPS) is 11.9. The van der Waals surface area contributed by atoms with Gasteiger partial charge in [0.15, 0.2) is 0 Å². The summed E-state index contributed by atoms with van der Waals surface area (Å²) >= 11 is 0. The Labute approximate surface area is 116 Å². The molecule has 1 rings (SSSR count). The fraction of sp³-hybridized carbons (Fsp3) is 0.714. The van der Waals surface area contributed by atoms with Gasteiger partial charge in [-0.05, 0) is 13.1 Å². The Kier molecular flexibility index (Phi) is 5.54. The second-order valence-corrected chi connectivity index (χ2v) is 5.71. The van der Waals surface area contributed by atoms with Crippen LogP contribution >= 0.6 is 0 Å². The monoisotopic (exact) mass is 265 g/mol. The van der Waals surface area contributed by atoms with E-state index in [9.17, 15) is 0 Å². The number of nitrogens with two attached hydrogens (primary N) is 1. The summed E-state index contributed by atoms with van der Waals surface area (Å²) in [5, 5.41) is 3.32. The van der Waals surface area contributed by atoms with E-state index in [1.54, 1.807) is 6.07 Å². The lowest BCUT2D eigenvalue weighted by molar-refractivity contribution is 0.316. The van der Waals surface area contributed by atoms with Crippen molar-refractivity contribution in [3.8, 4) is 0 Å². The van der Waals surface area contributed by atoms with Gasteiger partial charge in [-0.15, -0.1) is 0 Å². The van der Waals surface area contributed by atoms with Crippen molar-refractivity contribution in [3.05, 3.63) is 11.9 Å². The molecular formula is C14H27N5. The predicted octanol–water partition coefficient (Wildman–Crippen LogP) is 2.11. The minimum absolute atomic E-state index is 0.0926. The standard InChI is InChI=1S/C14H27N5/c1-6-19(7-2)9-8-16-12-10-11(15)17-13(18-12)14(3,4)5/h10H,6-9H2,1-5H3,(H3,15,16,17,18). The molecule has 0 saturated carbocycles. The van der Waals surface area contributed by atoms with Crippen molar-refractivity contribution in [2.24, 2.45) is 0 Å².